The van der Waals surface area contributed by atoms with Crippen molar-refractivity contribution in [1.29, 1.82) is 0 Å². The summed E-state index contributed by atoms with van der Waals surface area (Å²) in [5.41, 5.74) is 9.61. The predicted octanol–water partition coefficient (Wildman–Crippen LogP) is 2.88. The van der Waals surface area contributed by atoms with Crippen molar-refractivity contribution >= 4 is 38.5 Å². The van der Waals surface area contributed by atoms with Gasteiger partial charge in [0.1, 0.15) is 22.0 Å². The van der Waals surface area contributed by atoms with Crippen molar-refractivity contribution in [1.82, 2.24) is 44.6 Å². The van der Waals surface area contributed by atoms with Crippen LogP contribution in [0.15, 0.2) is 41.9 Å². The molecule has 5 aromatic rings. The zero-order valence-corrected chi connectivity index (χ0v) is 23.9. The van der Waals surface area contributed by atoms with Crippen LogP contribution in [0.5, 0.6) is 0 Å². The third-order valence-electron chi connectivity index (χ3n) is 7.92. The fraction of sp³-hybridized carbons (Fsp3) is 0.346. The van der Waals surface area contributed by atoms with Crippen molar-refractivity contribution in [2.45, 2.75) is 55.5 Å². The predicted molar refractivity (Wildman–Crippen MR) is 151 cm³/mol. The lowest BCUT2D eigenvalue weighted by atomic mass is 9.87. The fourth-order valence-corrected chi connectivity index (χ4v) is 8.00. The van der Waals surface area contributed by atoms with Gasteiger partial charge in [0.15, 0.2) is 15.5 Å². The van der Waals surface area contributed by atoms with E-state index >= 15 is 0 Å². The average molecular weight is 591 g/mol. The molecule has 7 heterocycles. The molecule has 2 unspecified atom stereocenters. The first-order chi connectivity index (χ1) is 19.7. The van der Waals surface area contributed by atoms with Crippen molar-refractivity contribution in [3.05, 3.63) is 53.4 Å². The molecular weight excluding hydrogens is 564 g/mol. The van der Waals surface area contributed by atoms with E-state index in [9.17, 15) is 13.2 Å². The molecule has 13 nitrogen and oxygen atoms in total. The highest BCUT2D eigenvalue weighted by atomic mass is 32.2. The minimum Gasteiger partial charge on any atom is -0.382 e. The Balaban J connectivity index is 1.28. The van der Waals surface area contributed by atoms with E-state index < -0.39 is 9.84 Å². The van der Waals surface area contributed by atoms with Crippen molar-refractivity contribution in [2.24, 2.45) is 0 Å². The quantitative estimate of drug-likeness (QED) is 0.309. The number of amides is 1. The molecule has 3 N–H and O–H groups in total. The van der Waals surface area contributed by atoms with Crippen LogP contribution in [0.4, 0.5) is 5.82 Å². The number of hydrogen-bond donors (Lipinski definition) is 2. The molecule has 3 atom stereocenters. The summed E-state index contributed by atoms with van der Waals surface area (Å²) in [5.74, 6) is -0.176. The van der Waals surface area contributed by atoms with Gasteiger partial charge in [-0.3, -0.25) is 9.78 Å². The second kappa shape index (κ2) is 9.41. The largest absolute Gasteiger partial charge is 0.382 e. The fourth-order valence-electron chi connectivity index (χ4n) is 6.20. The average Bonchev–Trinajstić information content (AvgIpc) is 3.74. The monoisotopic (exact) mass is 590 g/mol. The van der Waals surface area contributed by atoms with Gasteiger partial charge in [-0.1, -0.05) is 6.07 Å². The number of nitrogens with two attached hydrogens (primary N) is 1. The normalized spacial score (nSPS) is 20.6. The second-order valence-corrected chi connectivity index (χ2v) is 13.8. The van der Waals surface area contributed by atoms with E-state index in [4.69, 9.17) is 10.7 Å². The molecule has 2 bridgehead atoms. The first-order valence-corrected chi connectivity index (χ1v) is 15.8. The molecule has 0 saturated carbocycles. The Kier molecular flexibility index (Phi) is 5.90. The van der Waals surface area contributed by atoms with Crippen LogP contribution >= 0.6 is 11.3 Å². The van der Waals surface area contributed by atoms with Crippen molar-refractivity contribution in [3.63, 3.8) is 0 Å². The lowest BCUT2D eigenvalue weighted by molar-refractivity contribution is 0.0556. The zero-order valence-electron chi connectivity index (χ0n) is 22.2. The van der Waals surface area contributed by atoms with Gasteiger partial charge in [0, 0.05) is 52.7 Å². The lowest BCUT2D eigenvalue weighted by Gasteiger charge is -2.38. The summed E-state index contributed by atoms with van der Waals surface area (Å²) in [6, 6.07) is 3.68. The number of H-pyrrole nitrogens is 1. The van der Waals surface area contributed by atoms with Gasteiger partial charge >= 0.3 is 0 Å². The summed E-state index contributed by atoms with van der Waals surface area (Å²) in [5, 5.41) is 12.9. The first kappa shape index (κ1) is 25.7. The number of carbonyl (C=O) groups is 1. The van der Waals surface area contributed by atoms with Crippen molar-refractivity contribution in [3.8, 4) is 21.8 Å². The molecular formula is C26H26N10O3S2. The van der Waals surface area contributed by atoms with E-state index in [0.29, 0.717) is 29.7 Å². The molecule has 2 fully saturated rings. The van der Waals surface area contributed by atoms with E-state index in [0.717, 1.165) is 40.2 Å². The summed E-state index contributed by atoms with van der Waals surface area (Å²) < 4.78 is 27.5. The Morgan fingerprint density at radius 1 is 1.12 bits per heavy atom. The van der Waals surface area contributed by atoms with Gasteiger partial charge < -0.3 is 15.6 Å². The van der Waals surface area contributed by atoms with Gasteiger partial charge in [-0.2, -0.15) is 9.61 Å². The van der Waals surface area contributed by atoms with Crippen LogP contribution in [0, 0.1) is 6.92 Å². The van der Waals surface area contributed by atoms with E-state index in [1.54, 1.807) is 23.7 Å². The first-order valence-electron chi connectivity index (χ1n) is 13.1. The highest BCUT2D eigenvalue weighted by Crippen LogP contribution is 2.45. The second-order valence-electron chi connectivity index (χ2n) is 10.6. The number of pyridine rings is 1. The summed E-state index contributed by atoms with van der Waals surface area (Å²) in [4.78, 5) is 32.8. The molecule has 0 aliphatic carbocycles. The van der Waals surface area contributed by atoms with Crippen LogP contribution in [0.3, 0.4) is 0 Å². The van der Waals surface area contributed by atoms with Gasteiger partial charge in [0.05, 0.1) is 17.6 Å². The Morgan fingerprint density at radius 3 is 2.51 bits per heavy atom. The van der Waals surface area contributed by atoms with Gasteiger partial charge in [0.2, 0.25) is 5.82 Å². The minimum atomic E-state index is -3.74. The number of thiazole rings is 1. The number of hydrogen-bond acceptors (Lipinski definition) is 11. The number of nitrogen functional groups attached to an aromatic ring is 1. The maximum atomic E-state index is 13.1. The van der Waals surface area contributed by atoms with Crippen LogP contribution in [0.25, 0.3) is 27.5 Å². The molecule has 15 heteroatoms. The highest BCUT2D eigenvalue weighted by Gasteiger charge is 2.46. The Hall–Kier alpha value is -4.24. The summed E-state index contributed by atoms with van der Waals surface area (Å²) in [6.07, 6.45) is 10.5. The van der Waals surface area contributed by atoms with E-state index in [1.807, 2.05) is 30.2 Å². The summed E-state index contributed by atoms with van der Waals surface area (Å²) >= 11 is 1.57. The number of aromatic amines is 1. The van der Waals surface area contributed by atoms with E-state index in [1.165, 1.54) is 10.8 Å². The van der Waals surface area contributed by atoms with E-state index in [-0.39, 0.29) is 40.4 Å². The third kappa shape index (κ3) is 4.26. The molecule has 210 valence electrons. The number of carbonyl (C=O) groups excluding carboxylic acids is 1. The number of anilines is 1. The van der Waals surface area contributed by atoms with Gasteiger partial charge in [-0.25, -0.2) is 18.4 Å². The van der Waals surface area contributed by atoms with Crippen molar-refractivity contribution in [2.75, 3.05) is 12.0 Å². The number of aryl methyl sites for hydroxylation is 1. The number of aromatic nitrogens is 8. The molecule has 0 radical (unpaired) electrons. The molecule has 2 saturated heterocycles. The van der Waals surface area contributed by atoms with Crippen LogP contribution in [0.2, 0.25) is 0 Å². The van der Waals surface area contributed by atoms with Crippen LogP contribution < -0.4 is 5.73 Å². The highest BCUT2D eigenvalue weighted by molar-refractivity contribution is 7.91. The number of sulfone groups is 1. The Morgan fingerprint density at radius 2 is 1.90 bits per heavy atom. The maximum absolute atomic E-state index is 13.1. The summed E-state index contributed by atoms with van der Waals surface area (Å²) in [7, 11) is -3.74. The lowest BCUT2D eigenvalue weighted by Crippen LogP contribution is -2.46. The van der Waals surface area contributed by atoms with Crippen LogP contribution in [-0.4, -0.2) is 77.3 Å². The van der Waals surface area contributed by atoms with Gasteiger partial charge in [-0.05, 0) is 38.7 Å². The van der Waals surface area contributed by atoms with E-state index in [2.05, 4.69) is 30.2 Å². The number of fused-ring (bicyclic) bond motifs is 3. The standard InChI is InChI=1S/C26H26N10O3S2/c1-13-9-29-25(40-13)19-6-3-14(10-28-19)18-11-32-36-22(27)21(41(2,38)39)20(33-24(18)36)15-7-16-4-5-17(8-15)35(16)26(37)23-30-12-31-34-23/h3,6,9-12,15-17H,4-5,7-8,27H2,1-2H3,(H,30,31,34)/t15?,16-,17?/m1/s1. The van der Waals surface area contributed by atoms with Gasteiger partial charge in [0.25, 0.3) is 5.91 Å². The number of piperidine rings is 1. The molecule has 2 aliphatic rings. The van der Waals surface area contributed by atoms with Crippen LogP contribution in [-0.2, 0) is 9.84 Å². The molecule has 0 aromatic carbocycles. The third-order valence-corrected chi connectivity index (χ3v) is 10.0. The van der Waals surface area contributed by atoms with Crippen molar-refractivity contribution < 1.29 is 13.2 Å². The number of rotatable bonds is 5. The Labute approximate surface area is 238 Å². The topological polar surface area (TPSA) is 178 Å². The number of nitrogens with one attached hydrogen (secondary N) is 1. The maximum Gasteiger partial charge on any atom is 0.292 e. The molecule has 0 spiro atoms. The molecule has 2 aliphatic heterocycles. The summed E-state index contributed by atoms with van der Waals surface area (Å²) in [6.45, 7) is 2.00. The Bertz CT molecular complexity index is 1880. The SMILES string of the molecule is Cc1cnc(-c2ccc(-c3cnn4c(N)c(S(C)(=O)=O)c(C5CC6CC[C@H](C5)N6C(=O)c5nnc[nH]5)nc34)cn2)s1. The molecule has 41 heavy (non-hydrogen) atoms. The smallest absolute Gasteiger partial charge is 0.292 e. The molecule has 1 amide bonds. The van der Waals surface area contributed by atoms with Crippen LogP contribution in [0.1, 0.15) is 52.8 Å². The van der Waals surface area contributed by atoms with Gasteiger partial charge in [-0.15, -0.1) is 21.5 Å². The minimum absolute atomic E-state index is 0.00771. The molecule has 5 aromatic heterocycles. The molecule has 7 rings (SSSR count). The number of nitrogens with zero attached hydrogens (tertiary/aromatic N) is 8. The zero-order chi connectivity index (χ0) is 28.5.